The number of nitrogens with one attached hydrogen (secondary N) is 2. The van der Waals surface area contributed by atoms with E-state index in [9.17, 15) is 19.2 Å². The lowest BCUT2D eigenvalue weighted by Gasteiger charge is -2.37. The summed E-state index contributed by atoms with van der Waals surface area (Å²) in [6, 6.07) is -2.85. The monoisotopic (exact) mass is 391 g/mol. The number of rotatable bonds is 5. The number of imidazole rings is 1. The first-order chi connectivity index (χ1) is 13.2. The van der Waals surface area contributed by atoms with Crippen molar-refractivity contribution >= 4 is 23.6 Å². The maximum absolute atomic E-state index is 13.6. The van der Waals surface area contributed by atoms with E-state index in [-0.39, 0.29) is 30.7 Å². The van der Waals surface area contributed by atoms with Crippen molar-refractivity contribution in [3.8, 4) is 0 Å². The molecule has 3 unspecified atom stereocenters. The van der Waals surface area contributed by atoms with E-state index in [1.807, 2.05) is 0 Å². The Morgan fingerprint density at radius 2 is 2.07 bits per heavy atom. The number of H-pyrrole nitrogens is 1. The van der Waals surface area contributed by atoms with Crippen LogP contribution in [0.3, 0.4) is 0 Å². The molecule has 4 amide bonds. The number of primary amides is 1. The number of aromatic nitrogens is 2. The van der Waals surface area contributed by atoms with Crippen molar-refractivity contribution in [2.75, 3.05) is 6.54 Å². The summed E-state index contributed by atoms with van der Waals surface area (Å²) in [6.07, 6.45) is 4.00. The third kappa shape index (κ3) is 3.12. The highest BCUT2D eigenvalue weighted by atomic mass is 16.2. The minimum Gasteiger partial charge on any atom is -0.364 e. The molecule has 0 radical (unpaired) electrons. The van der Waals surface area contributed by atoms with Crippen molar-refractivity contribution in [2.24, 2.45) is 23.3 Å². The fraction of sp³-hybridized carbons (Fsp3) is 0.611. The molecule has 10 heteroatoms. The number of hydrogen-bond donors (Lipinski definition) is 4. The summed E-state index contributed by atoms with van der Waals surface area (Å²) in [7, 11) is 0. The predicted octanol–water partition coefficient (Wildman–Crippen LogP) is -1.43. The second kappa shape index (κ2) is 7.44. The van der Waals surface area contributed by atoms with Gasteiger partial charge in [-0.2, -0.15) is 4.48 Å². The Kier molecular flexibility index (Phi) is 5.35. The molecule has 0 bridgehead atoms. The maximum Gasteiger partial charge on any atom is 0.344 e. The molecule has 0 aromatic carbocycles. The summed E-state index contributed by atoms with van der Waals surface area (Å²) in [5, 5.41) is 2.69. The van der Waals surface area contributed by atoms with E-state index < -0.39 is 40.3 Å². The number of aromatic amines is 1. The van der Waals surface area contributed by atoms with Gasteiger partial charge in [0.2, 0.25) is 5.91 Å². The van der Waals surface area contributed by atoms with Crippen LogP contribution in [0.5, 0.6) is 0 Å². The predicted molar refractivity (Wildman–Crippen MR) is 97.9 cm³/mol. The molecule has 6 atom stereocenters. The summed E-state index contributed by atoms with van der Waals surface area (Å²) in [5.74, 6) is -2.68. The van der Waals surface area contributed by atoms with Gasteiger partial charge in [0.1, 0.15) is 12.1 Å². The molecule has 2 aliphatic heterocycles. The molecule has 0 saturated carbocycles. The van der Waals surface area contributed by atoms with E-state index in [0.717, 1.165) is 0 Å². The van der Waals surface area contributed by atoms with Crippen LogP contribution in [0.2, 0.25) is 0 Å². The molecule has 152 valence electrons. The lowest BCUT2D eigenvalue weighted by molar-refractivity contribution is -0.783. The molecule has 2 saturated heterocycles. The number of nitrogens with zero attached hydrogens (tertiary/aromatic N) is 2. The molecular weight excluding hydrogens is 364 g/mol. The number of quaternary nitrogens is 1. The first kappa shape index (κ1) is 20.2. The molecule has 28 heavy (non-hydrogen) atoms. The number of imide groups is 1. The highest BCUT2D eigenvalue weighted by molar-refractivity contribution is 5.97. The van der Waals surface area contributed by atoms with Gasteiger partial charge in [-0.1, -0.05) is 13.8 Å². The average Bonchev–Trinajstić information content (AvgIpc) is 3.37. The zero-order valence-corrected chi connectivity index (χ0v) is 16.1. The third-order valence-electron chi connectivity index (χ3n) is 6.24. The van der Waals surface area contributed by atoms with Crippen molar-refractivity contribution in [1.82, 2.24) is 15.3 Å². The molecule has 0 aliphatic carbocycles. The summed E-state index contributed by atoms with van der Waals surface area (Å²) in [6.45, 7) is 3.67. The van der Waals surface area contributed by atoms with Gasteiger partial charge in [-0.25, -0.2) is 14.6 Å². The highest BCUT2D eigenvalue weighted by Crippen LogP contribution is 2.34. The standard InChI is InChI=1S/C18H26N6O4/c1-9-10(2)16(26)23-14(9)18(28)24(5-3-4-13(24)15(20)25)17(27)12(19)6-11-7-21-8-22-11/h7-10,12-14H,3-6,19H2,1-2H3,(H3-,20,21,22,23,25,26)/p+1/t9?,10?,12-,13-,14-,24?/m0/s1. The second-order valence-electron chi connectivity index (χ2n) is 7.85. The topological polar surface area (TPSA) is 161 Å². The third-order valence-corrected chi connectivity index (χ3v) is 6.24. The van der Waals surface area contributed by atoms with Crippen LogP contribution in [-0.4, -0.2) is 62.7 Å². The van der Waals surface area contributed by atoms with Crippen LogP contribution in [0.15, 0.2) is 12.5 Å². The number of nitrogens with two attached hydrogens (primary N) is 2. The number of amides is 4. The molecule has 1 aromatic heterocycles. The van der Waals surface area contributed by atoms with Crippen LogP contribution in [0.25, 0.3) is 0 Å². The van der Waals surface area contributed by atoms with Crippen molar-refractivity contribution < 1.29 is 23.7 Å². The van der Waals surface area contributed by atoms with Gasteiger partial charge in [0.05, 0.1) is 12.9 Å². The number of likely N-dealkylation sites (tertiary alicyclic amines) is 1. The van der Waals surface area contributed by atoms with Crippen molar-refractivity contribution in [3.63, 3.8) is 0 Å². The van der Waals surface area contributed by atoms with Crippen molar-refractivity contribution in [3.05, 3.63) is 18.2 Å². The van der Waals surface area contributed by atoms with Gasteiger partial charge in [0.25, 0.3) is 5.91 Å². The molecule has 10 nitrogen and oxygen atoms in total. The van der Waals surface area contributed by atoms with Crippen LogP contribution in [0.4, 0.5) is 0 Å². The first-order valence-corrected chi connectivity index (χ1v) is 9.49. The average molecular weight is 391 g/mol. The van der Waals surface area contributed by atoms with Crippen LogP contribution in [0.1, 0.15) is 32.4 Å². The van der Waals surface area contributed by atoms with Crippen molar-refractivity contribution in [2.45, 2.75) is 51.2 Å². The molecule has 3 heterocycles. The number of carbonyl (C=O) groups excluding carboxylic acids is 4. The molecule has 6 N–H and O–H groups in total. The van der Waals surface area contributed by atoms with E-state index in [0.29, 0.717) is 18.5 Å². The number of carbonyl (C=O) groups is 4. The molecular formula is C18H27N6O4+. The van der Waals surface area contributed by atoms with Gasteiger partial charge in [-0.05, 0) is 0 Å². The Morgan fingerprint density at radius 3 is 2.61 bits per heavy atom. The SMILES string of the molecule is CC1C(=O)N[C@H](C(=O)[N+]2(C(=O)[C@@H](N)Cc3cnc[nH]3)CCC[C@H]2C(N)=O)C1C. The zero-order valence-electron chi connectivity index (χ0n) is 16.1. The van der Waals surface area contributed by atoms with Crippen LogP contribution in [0, 0.1) is 11.8 Å². The summed E-state index contributed by atoms with van der Waals surface area (Å²) >= 11 is 0. The summed E-state index contributed by atoms with van der Waals surface area (Å²) in [4.78, 5) is 58.0. The van der Waals surface area contributed by atoms with E-state index in [1.54, 1.807) is 20.0 Å². The quantitative estimate of drug-likeness (QED) is 0.450. The van der Waals surface area contributed by atoms with Gasteiger partial charge < -0.3 is 21.8 Å². The van der Waals surface area contributed by atoms with Gasteiger partial charge in [-0.15, -0.1) is 0 Å². The smallest absolute Gasteiger partial charge is 0.344 e. The van der Waals surface area contributed by atoms with E-state index >= 15 is 0 Å². The largest absolute Gasteiger partial charge is 0.364 e. The maximum atomic E-state index is 13.6. The molecule has 3 rings (SSSR count). The zero-order chi connectivity index (χ0) is 20.6. The minimum absolute atomic E-state index is 0.148. The molecule has 2 aliphatic rings. The highest BCUT2D eigenvalue weighted by Gasteiger charge is 2.61. The van der Waals surface area contributed by atoms with Crippen molar-refractivity contribution in [1.29, 1.82) is 0 Å². The van der Waals surface area contributed by atoms with Gasteiger partial charge in [0.15, 0.2) is 6.04 Å². The van der Waals surface area contributed by atoms with Crippen LogP contribution in [-0.2, 0) is 25.6 Å². The first-order valence-electron chi connectivity index (χ1n) is 9.49. The summed E-state index contributed by atoms with van der Waals surface area (Å²) < 4.78 is -0.730. The van der Waals surface area contributed by atoms with E-state index in [4.69, 9.17) is 11.5 Å². The fourth-order valence-corrected chi connectivity index (χ4v) is 4.40. The molecule has 0 spiro atoms. The Balaban J connectivity index is 1.96. The normalized spacial score (nSPS) is 33.5. The lowest BCUT2D eigenvalue weighted by Crippen LogP contribution is -2.70. The fourth-order valence-electron chi connectivity index (χ4n) is 4.40. The van der Waals surface area contributed by atoms with Crippen LogP contribution >= 0.6 is 0 Å². The van der Waals surface area contributed by atoms with E-state index in [2.05, 4.69) is 15.3 Å². The lowest BCUT2D eigenvalue weighted by atomic mass is 9.91. The molecule has 1 aromatic rings. The van der Waals surface area contributed by atoms with Crippen LogP contribution < -0.4 is 16.8 Å². The Bertz CT molecular complexity index is 794. The summed E-state index contributed by atoms with van der Waals surface area (Å²) in [5.41, 5.74) is 12.4. The molecule has 2 fully saturated rings. The second-order valence-corrected chi connectivity index (χ2v) is 7.85. The minimum atomic E-state index is -1.02. The Labute approximate surface area is 162 Å². The van der Waals surface area contributed by atoms with Gasteiger partial charge in [0, 0.05) is 43.0 Å². The number of hydrogen-bond acceptors (Lipinski definition) is 6. The van der Waals surface area contributed by atoms with Gasteiger partial charge >= 0.3 is 11.8 Å². The Morgan fingerprint density at radius 1 is 1.36 bits per heavy atom. The van der Waals surface area contributed by atoms with E-state index in [1.165, 1.54) is 6.33 Å². The Hall–Kier alpha value is -2.59. The van der Waals surface area contributed by atoms with Gasteiger partial charge in [-0.3, -0.25) is 9.59 Å².